The van der Waals surface area contributed by atoms with Gasteiger partial charge in [-0.15, -0.1) is 5.41 Å². The van der Waals surface area contributed by atoms with Crippen LogP contribution >= 0.6 is 0 Å². The van der Waals surface area contributed by atoms with Crippen molar-refractivity contribution in [3.05, 3.63) is 114 Å². The number of hydrogen-bond acceptors (Lipinski definition) is 1. The second-order valence-electron chi connectivity index (χ2n) is 7.38. The fraction of sp³-hybridized carbons (Fsp3) is 0.208. The molecule has 0 saturated carbocycles. The largest absolute Gasteiger partial charge is 1.00 e. The van der Waals surface area contributed by atoms with Crippen molar-refractivity contribution in [2.75, 3.05) is 0 Å². The summed E-state index contributed by atoms with van der Waals surface area (Å²) in [5.41, 5.74) is 2.63. The summed E-state index contributed by atoms with van der Waals surface area (Å²) in [5.74, 6) is 0. The molecule has 0 unspecified atom stereocenters. The first-order valence-electron chi connectivity index (χ1n) is 8.71. The molecule has 2 heteroatoms. The minimum atomic E-state index is -0.670. The van der Waals surface area contributed by atoms with E-state index in [9.17, 15) is 0 Å². The van der Waals surface area contributed by atoms with Gasteiger partial charge in [-0.2, -0.15) is 0 Å². The molecule has 0 aliphatic carbocycles. The van der Waals surface area contributed by atoms with Gasteiger partial charge in [0.15, 0.2) is 0 Å². The van der Waals surface area contributed by atoms with Crippen LogP contribution in [0.3, 0.4) is 0 Å². The van der Waals surface area contributed by atoms with Gasteiger partial charge in [0.05, 0.1) is 0 Å². The number of hydrogen-bond donors (Lipinski definition) is 0. The van der Waals surface area contributed by atoms with Crippen LogP contribution in [0.25, 0.3) is 0 Å². The SMILES string of the molecule is CC(C)(C)[CH-]OC(c1ccccc1)(c1ccccc1)c1ccccc1.[Li+]. The standard InChI is InChI=1S/C24H25O.Li/c1-23(2,3)19-25-24(20-13-7-4-8-14-20,21-15-9-5-10-16-21)22-17-11-6-12-18-22;/h4-19H,1-3H3;/q-1;+1. The number of benzene rings is 3. The van der Waals surface area contributed by atoms with E-state index in [1.165, 1.54) is 0 Å². The molecule has 0 bridgehead atoms. The van der Waals surface area contributed by atoms with Gasteiger partial charge >= 0.3 is 18.9 Å². The maximum atomic E-state index is 6.63. The maximum Gasteiger partial charge on any atom is 1.00 e. The van der Waals surface area contributed by atoms with Crippen LogP contribution in [0.4, 0.5) is 0 Å². The van der Waals surface area contributed by atoms with E-state index < -0.39 is 5.60 Å². The van der Waals surface area contributed by atoms with Gasteiger partial charge in [0.1, 0.15) is 5.60 Å². The minimum Gasteiger partial charge on any atom is -0.537 e. The van der Waals surface area contributed by atoms with Crippen LogP contribution in [-0.4, -0.2) is 0 Å². The second kappa shape index (κ2) is 8.74. The van der Waals surface area contributed by atoms with E-state index in [-0.39, 0.29) is 24.3 Å². The van der Waals surface area contributed by atoms with Gasteiger partial charge in [-0.3, -0.25) is 0 Å². The molecule has 3 rings (SSSR count). The van der Waals surface area contributed by atoms with E-state index in [0.717, 1.165) is 16.7 Å². The average molecular weight is 336 g/mol. The quantitative estimate of drug-likeness (QED) is 0.395. The Hall–Kier alpha value is -1.78. The number of ether oxygens (including phenoxy) is 1. The summed E-state index contributed by atoms with van der Waals surface area (Å²) in [6.07, 6.45) is 0. The van der Waals surface area contributed by atoms with Crippen molar-refractivity contribution in [3.8, 4) is 0 Å². The Morgan fingerprint density at radius 2 is 0.885 bits per heavy atom. The molecular formula is C24H25LiO. The molecule has 0 heterocycles. The molecule has 0 aliphatic rings. The molecule has 0 N–H and O–H groups in total. The van der Waals surface area contributed by atoms with Crippen molar-refractivity contribution >= 4 is 0 Å². The van der Waals surface area contributed by atoms with Crippen LogP contribution in [0.2, 0.25) is 0 Å². The first kappa shape index (κ1) is 20.5. The van der Waals surface area contributed by atoms with Gasteiger partial charge in [0, 0.05) is 0 Å². The smallest absolute Gasteiger partial charge is 0.537 e. The van der Waals surface area contributed by atoms with Gasteiger partial charge in [0.25, 0.3) is 0 Å². The van der Waals surface area contributed by atoms with Crippen LogP contribution in [-0.2, 0) is 10.3 Å². The van der Waals surface area contributed by atoms with Gasteiger partial charge in [0.2, 0.25) is 0 Å². The van der Waals surface area contributed by atoms with E-state index in [1.54, 1.807) is 0 Å². The fourth-order valence-electron chi connectivity index (χ4n) is 2.99. The summed E-state index contributed by atoms with van der Waals surface area (Å²) >= 11 is 0. The summed E-state index contributed by atoms with van der Waals surface area (Å²) in [4.78, 5) is 0. The van der Waals surface area contributed by atoms with Gasteiger partial charge < -0.3 is 4.74 Å². The van der Waals surface area contributed by atoms with Crippen LogP contribution in [0, 0.1) is 12.0 Å². The molecule has 0 spiro atoms. The molecule has 0 atom stereocenters. The first-order valence-corrected chi connectivity index (χ1v) is 8.71. The predicted molar refractivity (Wildman–Crippen MR) is 104 cm³/mol. The van der Waals surface area contributed by atoms with Gasteiger partial charge in [-0.1, -0.05) is 112 Å². The van der Waals surface area contributed by atoms with Crippen molar-refractivity contribution in [2.24, 2.45) is 5.41 Å². The van der Waals surface area contributed by atoms with Crippen LogP contribution < -0.4 is 18.9 Å². The molecule has 0 aromatic heterocycles. The normalized spacial score (nSPS) is 11.7. The van der Waals surface area contributed by atoms with E-state index in [2.05, 4.69) is 93.6 Å². The molecule has 0 fully saturated rings. The zero-order valence-electron chi connectivity index (χ0n) is 16.1. The maximum absolute atomic E-state index is 6.63. The van der Waals surface area contributed by atoms with Crippen LogP contribution in [0.5, 0.6) is 0 Å². The third-order valence-corrected chi connectivity index (χ3v) is 4.13. The van der Waals surface area contributed by atoms with E-state index in [4.69, 9.17) is 4.74 Å². The minimum absolute atomic E-state index is 0. The zero-order chi connectivity index (χ0) is 17.8. The van der Waals surface area contributed by atoms with Gasteiger partial charge in [-0.25, -0.2) is 6.61 Å². The zero-order valence-corrected chi connectivity index (χ0v) is 16.1. The van der Waals surface area contributed by atoms with E-state index in [1.807, 2.05) is 24.8 Å². The average Bonchev–Trinajstić information content (AvgIpc) is 2.64. The van der Waals surface area contributed by atoms with E-state index in [0.29, 0.717) is 0 Å². The molecule has 128 valence electrons. The Morgan fingerprint density at radius 3 is 1.15 bits per heavy atom. The summed E-state index contributed by atoms with van der Waals surface area (Å²) in [6.45, 7) is 8.41. The van der Waals surface area contributed by atoms with Crippen molar-refractivity contribution in [1.82, 2.24) is 0 Å². The summed E-state index contributed by atoms with van der Waals surface area (Å²) in [5, 5.41) is 0. The van der Waals surface area contributed by atoms with Crippen molar-refractivity contribution in [1.29, 1.82) is 0 Å². The predicted octanol–water partition coefficient (Wildman–Crippen LogP) is 3.21. The Kier molecular flexibility index (Phi) is 6.90. The molecule has 1 nitrogen and oxygen atoms in total. The summed E-state index contributed by atoms with van der Waals surface area (Å²) in [6, 6.07) is 31.3. The monoisotopic (exact) mass is 336 g/mol. The van der Waals surface area contributed by atoms with Gasteiger partial charge in [-0.05, 0) is 16.7 Å². The molecular weight excluding hydrogens is 311 g/mol. The topological polar surface area (TPSA) is 9.23 Å². The first-order chi connectivity index (χ1) is 12.0. The molecule has 3 aromatic rings. The Balaban J connectivity index is 0.00000243. The van der Waals surface area contributed by atoms with Crippen molar-refractivity contribution in [2.45, 2.75) is 26.4 Å². The molecule has 0 aliphatic heterocycles. The fourth-order valence-corrected chi connectivity index (χ4v) is 2.99. The van der Waals surface area contributed by atoms with Crippen LogP contribution in [0.1, 0.15) is 37.5 Å². The van der Waals surface area contributed by atoms with Crippen molar-refractivity contribution in [3.63, 3.8) is 0 Å². The summed E-state index contributed by atoms with van der Waals surface area (Å²) in [7, 11) is 0. The van der Waals surface area contributed by atoms with Crippen LogP contribution in [0.15, 0.2) is 91.0 Å². The Bertz CT molecular complexity index is 680. The van der Waals surface area contributed by atoms with Crippen molar-refractivity contribution < 1.29 is 23.6 Å². The van der Waals surface area contributed by atoms with E-state index >= 15 is 0 Å². The third kappa shape index (κ3) is 4.49. The second-order valence-corrected chi connectivity index (χ2v) is 7.38. The summed E-state index contributed by atoms with van der Waals surface area (Å²) < 4.78 is 6.63. The molecule has 0 saturated heterocycles. The molecule has 3 aromatic carbocycles. The molecule has 0 amide bonds. The number of rotatable bonds is 5. The molecule has 26 heavy (non-hydrogen) atoms. The molecule has 0 radical (unpaired) electrons. The Morgan fingerprint density at radius 1 is 0.577 bits per heavy atom. The Labute approximate surface area is 169 Å². The third-order valence-electron chi connectivity index (χ3n) is 4.13.